The molecule has 3 aromatic rings. The van der Waals surface area contributed by atoms with Crippen LogP contribution in [0.4, 0.5) is 0 Å². The van der Waals surface area contributed by atoms with Gasteiger partial charge < -0.3 is 9.47 Å². The standard InChI is InChI=1S/C24H27BrN4O4S/c1-5-33-21-17(25)9-15(10-18(21)32-4)11-27-28-22(30)14(3)29-12-26-23-20(24(29)31)16-7-6-13(2)8-19(16)34-23/h9-14H,5-8H2,1-4H3,(H,28,30). The van der Waals surface area contributed by atoms with Gasteiger partial charge in [-0.05, 0) is 78.2 Å². The highest BCUT2D eigenvalue weighted by Gasteiger charge is 2.25. The maximum atomic E-state index is 13.3. The molecule has 34 heavy (non-hydrogen) atoms. The Bertz CT molecular complexity index is 1320. The van der Waals surface area contributed by atoms with Crippen molar-refractivity contribution in [1.29, 1.82) is 0 Å². The zero-order valence-corrected chi connectivity index (χ0v) is 22.0. The summed E-state index contributed by atoms with van der Waals surface area (Å²) in [5.41, 5.74) is 4.15. The number of halogens is 1. The molecule has 1 aliphatic carbocycles. The summed E-state index contributed by atoms with van der Waals surface area (Å²) in [5.74, 6) is 1.36. The van der Waals surface area contributed by atoms with Gasteiger partial charge in [0.25, 0.3) is 11.5 Å². The predicted molar refractivity (Wildman–Crippen MR) is 137 cm³/mol. The zero-order valence-electron chi connectivity index (χ0n) is 19.6. The van der Waals surface area contributed by atoms with Gasteiger partial charge in [0.05, 0.1) is 36.1 Å². The van der Waals surface area contributed by atoms with Gasteiger partial charge in [-0.3, -0.25) is 14.2 Å². The number of carbonyl (C=O) groups excluding carboxylic acids is 1. The second-order valence-corrected chi connectivity index (χ2v) is 10.3. The summed E-state index contributed by atoms with van der Waals surface area (Å²) in [6, 6.07) is 2.81. The summed E-state index contributed by atoms with van der Waals surface area (Å²) in [4.78, 5) is 32.5. The number of thiophene rings is 1. The molecule has 0 bridgehead atoms. The Morgan fingerprint density at radius 2 is 2.26 bits per heavy atom. The average Bonchev–Trinajstić information content (AvgIpc) is 3.18. The number of fused-ring (bicyclic) bond motifs is 3. The SMILES string of the molecule is CCOc1c(Br)cc(C=NNC(=O)C(C)n2cnc3sc4c(c3c2=O)CCC(C)C4)cc1OC. The molecule has 10 heteroatoms. The van der Waals surface area contributed by atoms with Gasteiger partial charge in [0.2, 0.25) is 0 Å². The number of hydrogen-bond acceptors (Lipinski definition) is 7. The van der Waals surface area contributed by atoms with E-state index in [4.69, 9.17) is 9.47 Å². The van der Waals surface area contributed by atoms with Crippen LogP contribution in [0.2, 0.25) is 0 Å². The summed E-state index contributed by atoms with van der Waals surface area (Å²) < 4.78 is 13.1. The summed E-state index contributed by atoms with van der Waals surface area (Å²) in [6.07, 6.45) is 5.88. The fraction of sp³-hybridized carbons (Fsp3) is 0.417. The highest BCUT2D eigenvalue weighted by molar-refractivity contribution is 9.10. The number of methoxy groups -OCH3 is 1. The molecule has 8 nitrogen and oxygen atoms in total. The van der Waals surface area contributed by atoms with E-state index in [1.165, 1.54) is 22.0 Å². The normalized spacial score (nSPS) is 16.4. The fourth-order valence-electron chi connectivity index (χ4n) is 4.11. The maximum Gasteiger partial charge on any atom is 0.263 e. The van der Waals surface area contributed by atoms with Crippen molar-refractivity contribution in [2.24, 2.45) is 11.0 Å². The van der Waals surface area contributed by atoms with Gasteiger partial charge in [-0.15, -0.1) is 11.3 Å². The van der Waals surface area contributed by atoms with Crippen LogP contribution in [0.5, 0.6) is 11.5 Å². The predicted octanol–water partition coefficient (Wildman–Crippen LogP) is 4.46. The van der Waals surface area contributed by atoms with Crippen molar-refractivity contribution in [1.82, 2.24) is 15.0 Å². The molecule has 0 spiro atoms. The van der Waals surface area contributed by atoms with E-state index in [9.17, 15) is 9.59 Å². The van der Waals surface area contributed by atoms with Gasteiger partial charge in [-0.2, -0.15) is 5.10 Å². The Morgan fingerprint density at radius 1 is 1.47 bits per heavy atom. The van der Waals surface area contributed by atoms with Crippen molar-refractivity contribution in [2.45, 2.75) is 46.1 Å². The van der Waals surface area contributed by atoms with Crippen LogP contribution in [-0.2, 0) is 17.6 Å². The zero-order chi connectivity index (χ0) is 24.4. The minimum atomic E-state index is -0.763. The van der Waals surface area contributed by atoms with E-state index < -0.39 is 11.9 Å². The average molecular weight is 547 g/mol. The molecule has 4 rings (SSSR count). The lowest BCUT2D eigenvalue weighted by Crippen LogP contribution is -2.34. The first-order valence-corrected chi connectivity index (χ1v) is 12.8. The van der Waals surface area contributed by atoms with Crippen molar-refractivity contribution in [2.75, 3.05) is 13.7 Å². The van der Waals surface area contributed by atoms with E-state index in [0.29, 0.717) is 39.4 Å². The summed E-state index contributed by atoms with van der Waals surface area (Å²) in [5, 5.41) is 4.72. The van der Waals surface area contributed by atoms with Crippen LogP contribution in [0.3, 0.4) is 0 Å². The Morgan fingerprint density at radius 3 is 3.00 bits per heavy atom. The van der Waals surface area contributed by atoms with Crippen LogP contribution < -0.4 is 20.5 Å². The first kappa shape index (κ1) is 24.4. The fourth-order valence-corrected chi connectivity index (χ4v) is 6.02. The van der Waals surface area contributed by atoms with Crippen LogP contribution in [0.15, 0.2) is 32.8 Å². The largest absolute Gasteiger partial charge is 0.493 e. The molecule has 0 radical (unpaired) electrons. The van der Waals surface area contributed by atoms with Crippen LogP contribution in [0.25, 0.3) is 10.2 Å². The van der Waals surface area contributed by atoms with Crippen molar-refractivity contribution in [3.63, 3.8) is 0 Å². The molecule has 2 atom stereocenters. The number of hydrazone groups is 1. The number of hydrogen-bond donors (Lipinski definition) is 1. The molecule has 1 aromatic carbocycles. The Labute approximate surface area is 210 Å². The quantitative estimate of drug-likeness (QED) is 0.348. The van der Waals surface area contributed by atoms with Crippen molar-refractivity contribution in [3.8, 4) is 11.5 Å². The second-order valence-electron chi connectivity index (χ2n) is 8.37. The van der Waals surface area contributed by atoms with Crippen LogP contribution in [0, 0.1) is 5.92 Å². The third-order valence-corrected chi connectivity index (χ3v) is 7.72. The number of amides is 1. The van der Waals surface area contributed by atoms with Gasteiger partial charge in [0.1, 0.15) is 10.9 Å². The molecule has 0 aliphatic heterocycles. The number of benzene rings is 1. The maximum absolute atomic E-state index is 13.3. The van der Waals surface area contributed by atoms with E-state index in [1.54, 1.807) is 31.4 Å². The summed E-state index contributed by atoms with van der Waals surface area (Å²) in [6.45, 7) is 6.29. The second kappa shape index (κ2) is 10.3. The molecule has 2 heterocycles. The molecule has 0 saturated carbocycles. The molecule has 0 fully saturated rings. The monoisotopic (exact) mass is 546 g/mol. The minimum Gasteiger partial charge on any atom is -0.493 e. The number of aryl methyl sites for hydroxylation is 1. The Hall–Kier alpha value is -2.72. The molecule has 1 N–H and O–H groups in total. The lowest BCUT2D eigenvalue weighted by atomic mass is 9.89. The van der Waals surface area contributed by atoms with Gasteiger partial charge >= 0.3 is 0 Å². The van der Waals surface area contributed by atoms with E-state index in [1.807, 2.05) is 13.0 Å². The third-order valence-electron chi connectivity index (χ3n) is 5.97. The number of nitrogens with zero attached hydrogens (tertiary/aromatic N) is 3. The molecule has 1 amide bonds. The first-order chi connectivity index (χ1) is 16.3. The molecular formula is C24H27BrN4O4S. The van der Waals surface area contributed by atoms with Gasteiger partial charge in [0, 0.05) is 4.88 Å². The minimum absolute atomic E-state index is 0.177. The lowest BCUT2D eigenvalue weighted by molar-refractivity contribution is -0.123. The van der Waals surface area contributed by atoms with E-state index >= 15 is 0 Å². The van der Waals surface area contributed by atoms with Crippen LogP contribution >= 0.6 is 27.3 Å². The lowest BCUT2D eigenvalue weighted by Gasteiger charge is -2.18. The van der Waals surface area contributed by atoms with E-state index in [2.05, 4.69) is 38.4 Å². The van der Waals surface area contributed by atoms with Gasteiger partial charge in [0.15, 0.2) is 11.5 Å². The number of carbonyl (C=O) groups is 1. The molecule has 2 unspecified atom stereocenters. The Kier molecular flexibility index (Phi) is 7.37. The molecule has 1 aliphatic rings. The number of ether oxygens (including phenoxy) is 2. The number of rotatable bonds is 7. The number of nitrogens with one attached hydrogen (secondary N) is 1. The van der Waals surface area contributed by atoms with Crippen molar-refractivity contribution in [3.05, 3.63) is 49.3 Å². The summed E-state index contributed by atoms with van der Waals surface area (Å²) in [7, 11) is 1.56. The van der Waals surface area contributed by atoms with Crippen LogP contribution in [0.1, 0.15) is 49.2 Å². The van der Waals surface area contributed by atoms with E-state index in [0.717, 1.165) is 29.7 Å². The molecular weight excluding hydrogens is 520 g/mol. The highest BCUT2D eigenvalue weighted by Crippen LogP contribution is 2.37. The van der Waals surface area contributed by atoms with E-state index in [-0.39, 0.29) is 5.56 Å². The van der Waals surface area contributed by atoms with Crippen LogP contribution in [-0.4, -0.2) is 35.4 Å². The first-order valence-electron chi connectivity index (χ1n) is 11.2. The van der Waals surface area contributed by atoms with Gasteiger partial charge in [-0.25, -0.2) is 10.4 Å². The molecule has 2 aromatic heterocycles. The van der Waals surface area contributed by atoms with Crippen molar-refractivity contribution >= 4 is 49.6 Å². The Balaban J connectivity index is 1.52. The third kappa shape index (κ3) is 4.74. The highest BCUT2D eigenvalue weighted by atomic mass is 79.9. The molecule has 0 saturated heterocycles. The number of aromatic nitrogens is 2. The topological polar surface area (TPSA) is 94.8 Å². The smallest absolute Gasteiger partial charge is 0.263 e. The molecule has 180 valence electrons. The van der Waals surface area contributed by atoms with Crippen molar-refractivity contribution < 1.29 is 14.3 Å². The summed E-state index contributed by atoms with van der Waals surface area (Å²) >= 11 is 5.06. The van der Waals surface area contributed by atoms with Gasteiger partial charge in [-0.1, -0.05) is 6.92 Å².